The molecule has 0 rings (SSSR count). The topological polar surface area (TPSA) is 156 Å². The Hall–Kier alpha value is -0.860. The third kappa shape index (κ3) is 255. The van der Waals surface area contributed by atoms with Gasteiger partial charge in [-0.3, -0.25) is 13.8 Å². The molecule has 56 valence electrons. The summed E-state index contributed by atoms with van der Waals surface area (Å²) in [5, 5.41) is 6.06. The summed E-state index contributed by atoms with van der Waals surface area (Å²) in [5.74, 6) is -0.333. The van der Waals surface area contributed by atoms with E-state index in [0.717, 1.165) is 0 Å². The third-order valence-corrected chi connectivity index (χ3v) is 0. The third-order valence-electron chi connectivity index (χ3n) is 0. The molecule has 0 saturated heterocycles. The molecule has 0 heterocycles. The standard InChI is InChI=1S/CH5N3.H2O4S/c2-1(3)4;1-5(2,3)4/h(H5,2,3,4);(H2,1,2,3,4)/p-2. The zero-order chi connectivity index (χ0) is 8.08. The van der Waals surface area contributed by atoms with Crippen molar-refractivity contribution in [3.8, 4) is 0 Å². The highest BCUT2D eigenvalue weighted by molar-refractivity contribution is 7.79. The van der Waals surface area contributed by atoms with Crippen LogP contribution in [0.15, 0.2) is 0 Å². The minimum absolute atomic E-state index is 0.333. The first-order chi connectivity index (χ1) is 3.73. The first-order valence-electron chi connectivity index (χ1n) is 1.49. The number of nitrogens with two attached hydrogens (primary N) is 2. The van der Waals surface area contributed by atoms with Gasteiger partial charge in [-0.05, 0) is 0 Å². The average molecular weight is 155 g/mol. The molecule has 0 amide bonds. The first-order valence-corrected chi connectivity index (χ1v) is 2.83. The predicted molar refractivity (Wildman–Crippen MR) is 26.6 cm³/mol. The molecule has 7 nitrogen and oxygen atoms in total. The van der Waals surface area contributed by atoms with E-state index in [1.54, 1.807) is 0 Å². The van der Waals surface area contributed by atoms with E-state index in [-0.39, 0.29) is 5.96 Å². The Morgan fingerprint density at radius 2 is 1.33 bits per heavy atom. The number of guanidine groups is 1. The summed E-state index contributed by atoms with van der Waals surface area (Å²) < 4.78 is 34.1. The van der Waals surface area contributed by atoms with Crippen molar-refractivity contribution in [3.63, 3.8) is 0 Å². The fraction of sp³-hybridized carbons (Fsp3) is 0. The zero-order valence-electron chi connectivity index (χ0n) is 4.20. The van der Waals surface area contributed by atoms with Gasteiger partial charge in [0.25, 0.3) is 0 Å². The van der Waals surface area contributed by atoms with Crippen LogP contribution >= 0.6 is 0 Å². The van der Waals surface area contributed by atoms with Gasteiger partial charge in [-0.15, -0.1) is 0 Å². The van der Waals surface area contributed by atoms with Gasteiger partial charge in [0.05, 0.1) is 0 Å². The van der Waals surface area contributed by atoms with E-state index >= 15 is 0 Å². The smallest absolute Gasteiger partial charge is 0.183 e. The van der Waals surface area contributed by atoms with Crippen molar-refractivity contribution in [2.75, 3.05) is 0 Å². The molecule has 0 aliphatic carbocycles. The van der Waals surface area contributed by atoms with Crippen molar-refractivity contribution >= 4 is 16.4 Å². The highest BCUT2D eigenvalue weighted by Crippen LogP contribution is 1.57. The van der Waals surface area contributed by atoms with Crippen LogP contribution in [0.3, 0.4) is 0 Å². The minimum atomic E-state index is -5.17. The molecule has 0 atom stereocenters. The summed E-state index contributed by atoms with van der Waals surface area (Å²) in [4.78, 5) is 0. The van der Waals surface area contributed by atoms with Crippen molar-refractivity contribution in [2.24, 2.45) is 11.5 Å². The van der Waals surface area contributed by atoms with E-state index in [2.05, 4.69) is 11.5 Å². The molecular formula is CH5N3O4S-2. The second-order valence-electron chi connectivity index (χ2n) is 0.864. The van der Waals surface area contributed by atoms with Crippen molar-refractivity contribution < 1.29 is 17.5 Å². The van der Waals surface area contributed by atoms with Gasteiger partial charge >= 0.3 is 0 Å². The Labute approximate surface area is 51.7 Å². The molecule has 0 radical (unpaired) electrons. The molecule has 5 N–H and O–H groups in total. The summed E-state index contributed by atoms with van der Waals surface area (Å²) in [6.45, 7) is 0. The Morgan fingerprint density at radius 1 is 1.33 bits per heavy atom. The first kappa shape index (κ1) is 11.0. The Morgan fingerprint density at radius 3 is 1.33 bits per heavy atom. The van der Waals surface area contributed by atoms with E-state index in [0.29, 0.717) is 0 Å². The molecule has 8 heteroatoms. The summed E-state index contributed by atoms with van der Waals surface area (Å²) in [5.41, 5.74) is 8.94. The molecule has 0 aliphatic heterocycles. The Bertz CT molecular complexity index is 158. The molecule has 0 aromatic rings. The van der Waals surface area contributed by atoms with Crippen LogP contribution in [0.2, 0.25) is 0 Å². The van der Waals surface area contributed by atoms with E-state index in [4.69, 9.17) is 22.9 Å². The van der Waals surface area contributed by atoms with Crippen LogP contribution in [0.1, 0.15) is 0 Å². The molecular weight excluding hydrogens is 150 g/mol. The molecule has 0 spiro atoms. The molecule has 0 unspecified atom stereocenters. The predicted octanol–water partition coefficient (Wildman–Crippen LogP) is -2.50. The van der Waals surface area contributed by atoms with Crippen molar-refractivity contribution in [1.82, 2.24) is 0 Å². The normalized spacial score (nSPS) is 9.11. The fourth-order valence-corrected chi connectivity index (χ4v) is 0. The van der Waals surface area contributed by atoms with Gasteiger partial charge in [0.2, 0.25) is 0 Å². The van der Waals surface area contributed by atoms with Crippen LogP contribution in [0.5, 0.6) is 0 Å². The van der Waals surface area contributed by atoms with Gasteiger partial charge in [-0.25, -0.2) is 0 Å². The number of nitrogens with one attached hydrogen (secondary N) is 1. The van der Waals surface area contributed by atoms with Gasteiger partial charge in [0.1, 0.15) is 0 Å². The second kappa shape index (κ2) is 4.06. The summed E-state index contributed by atoms with van der Waals surface area (Å²) >= 11 is 0. The largest absolute Gasteiger partial charge is 0.759 e. The van der Waals surface area contributed by atoms with Crippen LogP contribution in [0, 0.1) is 5.41 Å². The molecule has 0 aromatic heterocycles. The molecule has 0 aromatic carbocycles. The number of hydrogen-bond acceptors (Lipinski definition) is 5. The number of rotatable bonds is 0. The van der Waals surface area contributed by atoms with E-state index in [1.807, 2.05) is 0 Å². The molecule has 0 bridgehead atoms. The average Bonchev–Trinajstić information content (AvgIpc) is 1.19. The van der Waals surface area contributed by atoms with Gasteiger partial charge < -0.3 is 20.6 Å². The maximum Gasteiger partial charge on any atom is 0.183 e. The zero-order valence-corrected chi connectivity index (χ0v) is 5.01. The monoisotopic (exact) mass is 155 g/mol. The van der Waals surface area contributed by atoms with Gasteiger partial charge in [0, 0.05) is 10.4 Å². The van der Waals surface area contributed by atoms with Crippen LogP contribution in [-0.2, 0) is 10.4 Å². The lowest BCUT2D eigenvalue weighted by molar-refractivity contribution is 0.352. The molecule has 0 aliphatic rings. The van der Waals surface area contributed by atoms with Crippen LogP contribution in [-0.4, -0.2) is 23.5 Å². The van der Waals surface area contributed by atoms with Crippen molar-refractivity contribution in [2.45, 2.75) is 0 Å². The fourth-order valence-electron chi connectivity index (χ4n) is 0. The van der Waals surface area contributed by atoms with Crippen LogP contribution < -0.4 is 11.5 Å². The van der Waals surface area contributed by atoms with Crippen molar-refractivity contribution in [3.05, 3.63) is 0 Å². The van der Waals surface area contributed by atoms with Gasteiger partial charge in [-0.1, -0.05) is 0 Å². The van der Waals surface area contributed by atoms with E-state index < -0.39 is 10.4 Å². The highest BCUT2D eigenvalue weighted by atomic mass is 32.3. The lowest BCUT2D eigenvalue weighted by Gasteiger charge is -2.06. The Kier molecular flexibility index (Phi) is 4.97. The maximum atomic E-state index is 8.52. The lowest BCUT2D eigenvalue weighted by Crippen LogP contribution is -2.20. The van der Waals surface area contributed by atoms with Gasteiger partial charge in [-0.2, -0.15) is 0 Å². The van der Waals surface area contributed by atoms with E-state index in [9.17, 15) is 0 Å². The van der Waals surface area contributed by atoms with Gasteiger partial charge in [0.15, 0.2) is 5.96 Å². The quantitative estimate of drug-likeness (QED) is 0.152. The second-order valence-corrected chi connectivity index (χ2v) is 1.68. The summed E-state index contributed by atoms with van der Waals surface area (Å²) in [7, 11) is -5.17. The lowest BCUT2D eigenvalue weighted by atomic mass is 11.1. The molecule has 0 fully saturated rings. The van der Waals surface area contributed by atoms with Crippen LogP contribution in [0.25, 0.3) is 0 Å². The summed E-state index contributed by atoms with van der Waals surface area (Å²) in [6, 6.07) is 0. The maximum absolute atomic E-state index is 8.52. The van der Waals surface area contributed by atoms with E-state index in [1.165, 1.54) is 0 Å². The molecule has 0 saturated carbocycles. The summed E-state index contributed by atoms with van der Waals surface area (Å²) in [6.07, 6.45) is 0. The van der Waals surface area contributed by atoms with Crippen molar-refractivity contribution in [1.29, 1.82) is 5.41 Å². The van der Waals surface area contributed by atoms with Crippen LogP contribution in [0.4, 0.5) is 0 Å². The Balaban J connectivity index is 0. The SMILES string of the molecule is N=C(N)N.O=S(=O)([O-])[O-]. The highest BCUT2D eigenvalue weighted by Gasteiger charge is 1.52. The number of hydrogen-bond donors (Lipinski definition) is 3. The molecule has 9 heavy (non-hydrogen) atoms. The minimum Gasteiger partial charge on any atom is -0.759 e.